The summed E-state index contributed by atoms with van der Waals surface area (Å²) < 4.78 is 1.42. The number of hydrogen-bond donors (Lipinski definition) is 2. The Morgan fingerprint density at radius 2 is 2.50 bits per heavy atom. The van der Waals surface area contributed by atoms with E-state index in [-0.39, 0.29) is 30.1 Å². The Labute approximate surface area is 78.5 Å². The standard InChI is InChI=1S/C6H5BN6O/c8-1-7-13-2-10-4-3(13)5(14)12-6(9)11-4/h2,7H,(H3,9,11,12,14). The van der Waals surface area contributed by atoms with E-state index in [1.54, 1.807) is 0 Å². The Bertz CT molecular complexity index is 578. The van der Waals surface area contributed by atoms with Gasteiger partial charge in [0.1, 0.15) is 5.52 Å². The zero-order chi connectivity index (χ0) is 10.1. The van der Waals surface area contributed by atoms with E-state index in [0.29, 0.717) is 0 Å². The van der Waals surface area contributed by atoms with Crippen LogP contribution in [0, 0.1) is 11.2 Å². The minimum Gasteiger partial charge on any atom is -0.369 e. The van der Waals surface area contributed by atoms with Gasteiger partial charge in [-0.1, -0.05) is 0 Å². The van der Waals surface area contributed by atoms with E-state index in [9.17, 15) is 4.79 Å². The molecule has 68 valence electrons. The summed E-state index contributed by atoms with van der Waals surface area (Å²) in [6, 6.07) is 0. The molecule has 8 heteroatoms. The van der Waals surface area contributed by atoms with Crippen molar-refractivity contribution < 1.29 is 0 Å². The lowest BCUT2D eigenvalue weighted by Crippen LogP contribution is -2.16. The quantitative estimate of drug-likeness (QED) is 0.522. The Morgan fingerprint density at radius 3 is 3.21 bits per heavy atom. The molecule has 0 spiro atoms. The van der Waals surface area contributed by atoms with Crippen molar-refractivity contribution in [2.45, 2.75) is 0 Å². The van der Waals surface area contributed by atoms with E-state index in [0.717, 1.165) is 0 Å². The van der Waals surface area contributed by atoms with Gasteiger partial charge >= 0.3 is 7.41 Å². The molecule has 0 aliphatic carbocycles. The summed E-state index contributed by atoms with van der Waals surface area (Å²) in [7, 11) is 0.0607. The molecule has 0 radical (unpaired) electrons. The molecule has 0 amide bonds. The summed E-state index contributed by atoms with van der Waals surface area (Å²) in [5.41, 5.74) is 5.45. The van der Waals surface area contributed by atoms with Gasteiger partial charge in [0.15, 0.2) is 5.65 Å². The van der Waals surface area contributed by atoms with Crippen molar-refractivity contribution >= 4 is 24.5 Å². The predicted molar refractivity (Wildman–Crippen MR) is 50.7 cm³/mol. The predicted octanol–water partition coefficient (Wildman–Crippen LogP) is -1.62. The molecule has 0 unspecified atom stereocenters. The van der Waals surface area contributed by atoms with Crippen LogP contribution < -0.4 is 11.3 Å². The van der Waals surface area contributed by atoms with Crippen molar-refractivity contribution in [1.82, 2.24) is 19.4 Å². The van der Waals surface area contributed by atoms with Crippen LogP contribution >= 0.6 is 0 Å². The van der Waals surface area contributed by atoms with Gasteiger partial charge in [0.25, 0.3) is 5.56 Å². The zero-order valence-corrected chi connectivity index (χ0v) is 7.06. The second-order valence-corrected chi connectivity index (χ2v) is 2.65. The fraction of sp³-hybridized carbons (Fsp3) is 0. The van der Waals surface area contributed by atoms with Crippen molar-refractivity contribution in [1.29, 1.82) is 5.26 Å². The van der Waals surface area contributed by atoms with Crippen molar-refractivity contribution in [2.24, 2.45) is 0 Å². The Kier molecular flexibility index (Phi) is 1.71. The maximum Gasteiger partial charge on any atom is 0.366 e. The first kappa shape index (κ1) is 8.31. The van der Waals surface area contributed by atoms with Gasteiger partial charge in [-0.05, 0) is 0 Å². The smallest absolute Gasteiger partial charge is 0.366 e. The topological polar surface area (TPSA) is 113 Å². The number of aromatic nitrogens is 4. The second kappa shape index (κ2) is 2.88. The molecule has 2 rings (SSSR count). The number of nitriles is 1. The van der Waals surface area contributed by atoms with Crippen molar-refractivity contribution in [3.63, 3.8) is 0 Å². The highest BCUT2D eigenvalue weighted by atomic mass is 16.1. The van der Waals surface area contributed by atoms with E-state index in [4.69, 9.17) is 11.0 Å². The van der Waals surface area contributed by atoms with Gasteiger partial charge in [-0.25, -0.2) is 10.2 Å². The van der Waals surface area contributed by atoms with Crippen LogP contribution in [-0.2, 0) is 0 Å². The molecule has 0 saturated heterocycles. The largest absolute Gasteiger partial charge is 0.369 e. The molecule has 2 aromatic heterocycles. The van der Waals surface area contributed by atoms with Gasteiger partial charge in [0.2, 0.25) is 5.95 Å². The summed E-state index contributed by atoms with van der Waals surface area (Å²) in [4.78, 5) is 21.4. The van der Waals surface area contributed by atoms with E-state index < -0.39 is 0 Å². The highest BCUT2D eigenvalue weighted by molar-refractivity contribution is 6.44. The number of nitrogens with two attached hydrogens (primary N) is 1. The molecule has 3 N–H and O–H groups in total. The summed E-state index contributed by atoms with van der Waals surface area (Å²) in [6.07, 6.45) is 1.38. The van der Waals surface area contributed by atoms with Crippen LogP contribution in [0.4, 0.5) is 5.95 Å². The van der Waals surface area contributed by atoms with E-state index in [1.807, 2.05) is 5.97 Å². The fourth-order valence-corrected chi connectivity index (χ4v) is 1.20. The van der Waals surface area contributed by atoms with Crippen molar-refractivity contribution in [3.05, 3.63) is 16.7 Å². The third-order valence-corrected chi connectivity index (χ3v) is 1.74. The number of fused-ring (bicyclic) bond motifs is 1. The number of aromatic amines is 1. The number of nitrogens with one attached hydrogen (secondary N) is 1. The molecule has 0 aliphatic heterocycles. The molecule has 0 saturated carbocycles. The first-order valence-electron chi connectivity index (χ1n) is 3.80. The average Bonchev–Trinajstić information content (AvgIpc) is 2.49. The molecular formula is C6H5BN6O. The van der Waals surface area contributed by atoms with Gasteiger partial charge in [-0.15, -0.1) is 0 Å². The number of anilines is 1. The SMILES string of the molecule is N#CBn1cnc2nc(N)[nH]c(=O)c21. The third kappa shape index (κ3) is 1.11. The van der Waals surface area contributed by atoms with E-state index in [2.05, 4.69) is 15.0 Å². The summed E-state index contributed by atoms with van der Waals surface area (Å²) >= 11 is 0. The fourth-order valence-electron chi connectivity index (χ4n) is 1.20. The number of H-pyrrole nitrogens is 1. The van der Waals surface area contributed by atoms with Crippen molar-refractivity contribution in [3.8, 4) is 5.97 Å². The first-order valence-corrected chi connectivity index (χ1v) is 3.80. The van der Waals surface area contributed by atoms with Crippen LogP contribution in [0.3, 0.4) is 0 Å². The average molecular weight is 188 g/mol. The lowest BCUT2D eigenvalue weighted by molar-refractivity contribution is 1.16. The van der Waals surface area contributed by atoms with Crippen LogP contribution in [0.5, 0.6) is 0 Å². The second-order valence-electron chi connectivity index (χ2n) is 2.65. The Hall–Kier alpha value is -2.30. The van der Waals surface area contributed by atoms with Gasteiger partial charge in [0, 0.05) is 5.97 Å². The van der Waals surface area contributed by atoms with Crippen LogP contribution in [-0.4, -0.2) is 26.8 Å². The number of hydrogen-bond acceptors (Lipinski definition) is 5. The molecule has 0 fully saturated rings. The highest BCUT2D eigenvalue weighted by Gasteiger charge is 2.09. The van der Waals surface area contributed by atoms with Gasteiger partial charge in [-0.2, -0.15) is 4.98 Å². The van der Waals surface area contributed by atoms with Gasteiger partial charge in [-0.3, -0.25) is 9.78 Å². The highest BCUT2D eigenvalue weighted by Crippen LogP contribution is 2.03. The Balaban J connectivity index is 2.81. The minimum atomic E-state index is -0.389. The molecule has 2 heterocycles. The normalized spacial score (nSPS) is 9.93. The maximum atomic E-state index is 11.4. The Morgan fingerprint density at radius 1 is 1.71 bits per heavy atom. The van der Waals surface area contributed by atoms with Gasteiger partial charge < -0.3 is 10.2 Å². The summed E-state index contributed by atoms with van der Waals surface area (Å²) in [5, 5.41) is 8.49. The van der Waals surface area contributed by atoms with E-state index >= 15 is 0 Å². The molecule has 0 aliphatic rings. The number of rotatable bonds is 1. The number of nitrogens with zero attached hydrogens (tertiary/aromatic N) is 4. The molecule has 7 nitrogen and oxygen atoms in total. The molecule has 14 heavy (non-hydrogen) atoms. The molecule has 0 atom stereocenters. The maximum absolute atomic E-state index is 11.4. The molecule has 0 bridgehead atoms. The monoisotopic (exact) mass is 188 g/mol. The van der Waals surface area contributed by atoms with Gasteiger partial charge in [0.05, 0.1) is 6.33 Å². The van der Waals surface area contributed by atoms with Crippen LogP contribution in [0.2, 0.25) is 0 Å². The molecule has 2 aromatic rings. The number of nitrogen functional groups attached to an aromatic ring is 1. The van der Waals surface area contributed by atoms with Crippen LogP contribution in [0.15, 0.2) is 11.1 Å². The summed E-state index contributed by atoms with van der Waals surface area (Å²) in [5.74, 6) is 1.93. The summed E-state index contributed by atoms with van der Waals surface area (Å²) in [6.45, 7) is 0. The van der Waals surface area contributed by atoms with E-state index in [1.165, 1.54) is 10.8 Å². The molecule has 0 aromatic carbocycles. The first-order chi connectivity index (χ1) is 6.72. The van der Waals surface area contributed by atoms with Crippen molar-refractivity contribution in [2.75, 3.05) is 5.73 Å². The van der Waals surface area contributed by atoms with Crippen LogP contribution in [0.25, 0.3) is 11.2 Å². The zero-order valence-electron chi connectivity index (χ0n) is 7.06. The lowest BCUT2D eigenvalue weighted by Gasteiger charge is -1.95. The van der Waals surface area contributed by atoms with Crippen LogP contribution in [0.1, 0.15) is 0 Å². The third-order valence-electron chi connectivity index (χ3n) is 1.74. The number of imidazole rings is 1. The minimum absolute atomic E-state index is 0.0182. The molecular weight excluding hydrogens is 183 g/mol. The lowest BCUT2D eigenvalue weighted by atomic mass is 9.98.